The molecule has 1 rings (SSSR count). The average molecular weight is 307 g/mol. The lowest BCUT2D eigenvalue weighted by molar-refractivity contribution is -0.121. The third kappa shape index (κ3) is 8.14. The van der Waals surface area contributed by atoms with E-state index in [0.717, 1.165) is 5.56 Å². The summed E-state index contributed by atoms with van der Waals surface area (Å²) in [6.07, 6.45) is 0.535. The molecular formula is C16H25N3O3. The van der Waals surface area contributed by atoms with E-state index in [-0.39, 0.29) is 5.91 Å². The van der Waals surface area contributed by atoms with Gasteiger partial charge in [-0.1, -0.05) is 12.1 Å². The monoisotopic (exact) mass is 307 g/mol. The minimum absolute atomic E-state index is 0.0617. The maximum Gasteiger partial charge on any atom is 0.407 e. The molecule has 0 aliphatic heterocycles. The zero-order chi connectivity index (χ0) is 16.6. The molecule has 6 nitrogen and oxygen atoms in total. The average Bonchev–Trinajstić information content (AvgIpc) is 2.39. The van der Waals surface area contributed by atoms with E-state index in [1.165, 1.54) is 0 Å². The van der Waals surface area contributed by atoms with Gasteiger partial charge in [-0.15, -0.1) is 0 Å². The number of carbonyl (C=O) groups excluding carboxylic acids is 2. The summed E-state index contributed by atoms with van der Waals surface area (Å²) in [5, 5.41) is 5.33. The fourth-order valence-electron chi connectivity index (χ4n) is 1.78. The summed E-state index contributed by atoms with van der Waals surface area (Å²) < 4.78 is 5.09. The molecule has 0 aromatic heterocycles. The van der Waals surface area contributed by atoms with Crippen molar-refractivity contribution in [2.75, 3.05) is 18.8 Å². The molecule has 4 N–H and O–H groups in total. The molecule has 22 heavy (non-hydrogen) atoms. The second kappa shape index (κ2) is 8.26. The normalized spacial score (nSPS) is 10.9. The minimum Gasteiger partial charge on any atom is -0.444 e. The predicted molar refractivity (Wildman–Crippen MR) is 86.4 cm³/mol. The molecule has 0 saturated heterocycles. The number of rotatable bonds is 6. The molecule has 1 aromatic rings. The molecule has 122 valence electrons. The topological polar surface area (TPSA) is 93.5 Å². The molecule has 2 amide bonds. The third-order valence-electron chi connectivity index (χ3n) is 2.71. The van der Waals surface area contributed by atoms with E-state index in [9.17, 15) is 9.59 Å². The van der Waals surface area contributed by atoms with E-state index in [0.29, 0.717) is 31.6 Å². The SMILES string of the molecule is CC(C)(C)OC(=O)NCCNC(=O)CCc1cccc(N)c1. The Labute approximate surface area is 131 Å². The van der Waals surface area contributed by atoms with E-state index in [1.807, 2.05) is 24.3 Å². The lowest BCUT2D eigenvalue weighted by Crippen LogP contribution is -2.37. The molecule has 0 saturated carbocycles. The van der Waals surface area contributed by atoms with E-state index >= 15 is 0 Å². The Morgan fingerprint density at radius 1 is 1.18 bits per heavy atom. The molecule has 0 bridgehead atoms. The second-order valence-corrected chi connectivity index (χ2v) is 6.02. The van der Waals surface area contributed by atoms with Crippen molar-refractivity contribution in [2.45, 2.75) is 39.2 Å². The smallest absolute Gasteiger partial charge is 0.407 e. The van der Waals surface area contributed by atoms with Crippen LogP contribution >= 0.6 is 0 Å². The number of aryl methyl sites for hydroxylation is 1. The van der Waals surface area contributed by atoms with Gasteiger partial charge in [0, 0.05) is 25.2 Å². The van der Waals surface area contributed by atoms with Gasteiger partial charge in [-0.2, -0.15) is 0 Å². The molecule has 6 heteroatoms. The quantitative estimate of drug-likeness (QED) is 0.552. The van der Waals surface area contributed by atoms with Crippen molar-refractivity contribution in [2.24, 2.45) is 0 Å². The predicted octanol–water partition coefficient (Wildman–Crippen LogP) is 1.84. The molecule has 0 aliphatic rings. The first-order valence-corrected chi connectivity index (χ1v) is 7.34. The summed E-state index contributed by atoms with van der Waals surface area (Å²) in [6.45, 7) is 6.09. The summed E-state index contributed by atoms with van der Waals surface area (Å²) in [5.74, 6) is -0.0617. The summed E-state index contributed by atoms with van der Waals surface area (Å²) in [7, 11) is 0. The molecule has 0 unspecified atom stereocenters. The van der Waals surface area contributed by atoms with Crippen molar-refractivity contribution in [3.05, 3.63) is 29.8 Å². The second-order valence-electron chi connectivity index (χ2n) is 6.02. The van der Waals surface area contributed by atoms with Crippen molar-refractivity contribution in [3.63, 3.8) is 0 Å². The first-order valence-electron chi connectivity index (χ1n) is 7.34. The van der Waals surface area contributed by atoms with Crippen LogP contribution in [-0.2, 0) is 16.0 Å². The van der Waals surface area contributed by atoms with Crippen LogP contribution < -0.4 is 16.4 Å². The lowest BCUT2D eigenvalue weighted by Gasteiger charge is -2.19. The molecule has 0 radical (unpaired) electrons. The molecule has 0 fully saturated rings. The van der Waals surface area contributed by atoms with Gasteiger partial charge in [0.15, 0.2) is 0 Å². The number of nitrogens with two attached hydrogens (primary N) is 1. The van der Waals surface area contributed by atoms with Gasteiger partial charge in [0.2, 0.25) is 5.91 Å². The summed E-state index contributed by atoms with van der Waals surface area (Å²) in [4.78, 5) is 23.1. The van der Waals surface area contributed by atoms with Crippen LogP contribution in [0.3, 0.4) is 0 Å². The zero-order valence-electron chi connectivity index (χ0n) is 13.4. The highest BCUT2D eigenvalue weighted by Crippen LogP contribution is 2.08. The number of amides is 2. The largest absolute Gasteiger partial charge is 0.444 e. The van der Waals surface area contributed by atoms with Gasteiger partial charge in [-0.05, 0) is 44.9 Å². The maximum atomic E-state index is 11.7. The van der Waals surface area contributed by atoms with Gasteiger partial charge in [0.25, 0.3) is 0 Å². The summed E-state index contributed by atoms with van der Waals surface area (Å²) in [6, 6.07) is 7.48. The number of nitrogens with one attached hydrogen (secondary N) is 2. The van der Waals surface area contributed by atoms with E-state index in [2.05, 4.69) is 10.6 Å². The number of benzene rings is 1. The summed E-state index contributed by atoms with van der Waals surface area (Å²) in [5.41, 5.74) is 6.88. The van der Waals surface area contributed by atoms with Gasteiger partial charge in [0.05, 0.1) is 0 Å². The molecule has 0 heterocycles. The number of alkyl carbamates (subject to hydrolysis) is 1. The number of anilines is 1. The van der Waals surface area contributed by atoms with Gasteiger partial charge in [0.1, 0.15) is 5.60 Å². The molecule has 0 aliphatic carbocycles. The standard InChI is InChI=1S/C16H25N3O3/c1-16(2,3)22-15(21)19-10-9-18-14(20)8-7-12-5-4-6-13(17)11-12/h4-6,11H,7-10,17H2,1-3H3,(H,18,20)(H,19,21). The van der Waals surface area contributed by atoms with Crippen LogP contribution in [0.15, 0.2) is 24.3 Å². The first kappa shape index (κ1) is 17.8. The number of hydrogen-bond acceptors (Lipinski definition) is 4. The number of ether oxygens (including phenoxy) is 1. The van der Waals surface area contributed by atoms with Crippen molar-refractivity contribution in [3.8, 4) is 0 Å². The van der Waals surface area contributed by atoms with Crippen molar-refractivity contribution in [1.29, 1.82) is 0 Å². The van der Waals surface area contributed by atoms with E-state index in [4.69, 9.17) is 10.5 Å². The third-order valence-corrected chi connectivity index (χ3v) is 2.71. The van der Waals surface area contributed by atoms with Gasteiger partial charge in [-0.25, -0.2) is 4.79 Å². The van der Waals surface area contributed by atoms with Crippen LogP contribution in [0.4, 0.5) is 10.5 Å². The minimum atomic E-state index is -0.523. The van der Waals surface area contributed by atoms with Crippen LogP contribution in [-0.4, -0.2) is 30.7 Å². The highest BCUT2D eigenvalue weighted by atomic mass is 16.6. The van der Waals surface area contributed by atoms with E-state index in [1.54, 1.807) is 20.8 Å². The Balaban J connectivity index is 2.15. The first-order chi connectivity index (χ1) is 10.3. The van der Waals surface area contributed by atoms with Crippen molar-refractivity contribution >= 4 is 17.7 Å². The van der Waals surface area contributed by atoms with Crippen LogP contribution in [0, 0.1) is 0 Å². The fraction of sp³-hybridized carbons (Fsp3) is 0.500. The van der Waals surface area contributed by atoms with Crippen LogP contribution in [0.2, 0.25) is 0 Å². The Bertz CT molecular complexity index is 510. The Hall–Kier alpha value is -2.24. The maximum absolute atomic E-state index is 11.7. The number of carbonyl (C=O) groups is 2. The fourth-order valence-corrected chi connectivity index (χ4v) is 1.78. The Morgan fingerprint density at radius 2 is 1.86 bits per heavy atom. The molecular weight excluding hydrogens is 282 g/mol. The highest BCUT2D eigenvalue weighted by Gasteiger charge is 2.15. The Kier molecular flexibility index (Phi) is 6.69. The van der Waals surface area contributed by atoms with Crippen molar-refractivity contribution < 1.29 is 14.3 Å². The highest BCUT2D eigenvalue weighted by molar-refractivity contribution is 5.76. The number of nitrogen functional groups attached to an aromatic ring is 1. The van der Waals surface area contributed by atoms with Crippen LogP contribution in [0.1, 0.15) is 32.8 Å². The molecule has 1 aromatic carbocycles. The van der Waals surface area contributed by atoms with Gasteiger partial charge in [-0.3, -0.25) is 4.79 Å². The Morgan fingerprint density at radius 3 is 2.50 bits per heavy atom. The molecule has 0 atom stereocenters. The lowest BCUT2D eigenvalue weighted by atomic mass is 10.1. The zero-order valence-corrected chi connectivity index (χ0v) is 13.4. The van der Waals surface area contributed by atoms with Gasteiger partial charge < -0.3 is 21.1 Å². The molecule has 0 spiro atoms. The van der Waals surface area contributed by atoms with Crippen LogP contribution in [0.5, 0.6) is 0 Å². The van der Waals surface area contributed by atoms with Crippen molar-refractivity contribution in [1.82, 2.24) is 10.6 Å². The van der Waals surface area contributed by atoms with Crippen LogP contribution in [0.25, 0.3) is 0 Å². The number of hydrogen-bond donors (Lipinski definition) is 3. The van der Waals surface area contributed by atoms with E-state index < -0.39 is 11.7 Å². The van der Waals surface area contributed by atoms with Gasteiger partial charge >= 0.3 is 6.09 Å². The summed E-state index contributed by atoms with van der Waals surface area (Å²) >= 11 is 0.